The summed E-state index contributed by atoms with van der Waals surface area (Å²) >= 11 is 0. The highest BCUT2D eigenvalue weighted by Gasteiger charge is 2.34. The number of carbonyl (C=O) groups excluding carboxylic acids is 1. The minimum atomic E-state index is -0.453. The van der Waals surface area contributed by atoms with Crippen LogP contribution in [0.4, 0.5) is 5.82 Å². The molecule has 0 unspecified atom stereocenters. The smallest absolute Gasteiger partial charge is 0.344 e. The number of esters is 1. The minimum absolute atomic E-state index is 0.180. The Bertz CT molecular complexity index is 1220. The molecule has 1 aromatic heterocycles. The van der Waals surface area contributed by atoms with Crippen molar-refractivity contribution in [2.75, 3.05) is 6.61 Å². The molecule has 5 rings (SSSR count). The number of aliphatic imine (C=N–C) groups is 2. The van der Waals surface area contributed by atoms with Crippen LogP contribution in [-0.4, -0.2) is 45.1 Å². The van der Waals surface area contributed by atoms with Gasteiger partial charge in [0.1, 0.15) is 22.7 Å². The molecule has 0 atom stereocenters. The van der Waals surface area contributed by atoms with Gasteiger partial charge in [-0.3, -0.25) is 4.99 Å². The van der Waals surface area contributed by atoms with Crippen molar-refractivity contribution in [2.45, 2.75) is 45.1 Å². The molecule has 2 aromatic carbocycles. The quantitative estimate of drug-likeness (QED) is 0.554. The number of aromatic nitrogens is 2. The number of rotatable bonds is 5. The predicted octanol–water partition coefficient (Wildman–Crippen LogP) is 5.15. The second-order valence-corrected chi connectivity index (χ2v) is 8.30. The van der Waals surface area contributed by atoms with E-state index < -0.39 is 5.97 Å². The summed E-state index contributed by atoms with van der Waals surface area (Å²) in [4.78, 5) is 23.0. The van der Waals surface area contributed by atoms with E-state index in [1.807, 2.05) is 30.3 Å². The Kier molecular flexibility index (Phi) is 5.77. The van der Waals surface area contributed by atoms with Gasteiger partial charge in [-0.25, -0.2) is 9.79 Å². The SMILES string of the molecule is CCOC(=O)c1c(-c2ccccc2)nn2c1N=C(c1ccc(O)cc1)C2=NC1CCCCC1. The van der Waals surface area contributed by atoms with E-state index in [2.05, 4.69) is 0 Å². The summed E-state index contributed by atoms with van der Waals surface area (Å²) in [5, 5.41) is 14.6. The zero-order valence-corrected chi connectivity index (χ0v) is 18.6. The van der Waals surface area contributed by atoms with Crippen LogP contribution in [0.2, 0.25) is 0 Å². The molecule has 0 amide bonds. The maximum absolute atomic E-state index is 13.0. The van der Waals surface area contributed by atoms with Gasteiger partial charge >= 0.3 is 5.97 Å². The lowest BCUT2D eigenvalue weighted by Gasteiger charge is -2.18. The number of nitrogens with zero attached hydrogens (tertiary/aromatic N) is 4. The molecule has 0 spiro atoms. The first-order valence-corrected chi connectivity index (χ1v) is 11.5. The Labute approximate surface area is 192 Å². The Morgan fingerprint density at radius 2 is 1.79 bits per heavy atom. The number of benzene rings is 2. The maximum atomic E-state index is 13.0. The van der Waals surface area contributed by atoms with Gasteiger partial charge in [-0.15, -0.1) is 0 Å². The molecule has 1 fully saturated rings. The van der Waals surface area contributed by atoms with Crippen LogP contribution in [-0.2, 0) is 4.74 Å². The summed E-state index contributed by atoms with van der Waals surface area (Å²) in [7, 11) is 0. The summed E-state index contributed by atoms with van der Waals surface area (Å²) in [6, 6.07) is 16.6. The molecule has 1 aliphatic heterocycles. The van der Waals surface area contributed by atoms with E-state index in [9.17, 15) is 9.90 Å². The fourth-order valence-electron chi connectivity index (χ4n) is 4.42. The van der Waals surface area contributed by atoms with Gasteiger partial charge in [-0.1, -0.05) is 49.6 Å². The molecule has 168 valence electrons. The molecule has 1 N–H and O–H groups in total. The summed E-state index contributed by atoms with van der Waals surface area (Å²) in [5.74, 6) is 0.796. The Morgan fingerprint density at radius 1 is 1.06 bits per heavy atom. The summed E-state index contributed by atoms with van der Waals surface area (Å²) in [6.07, 6.45) is 5.60. The second kappa shape index (κ2) is 9.02. The third-order valence-corrected chi connectivity index (χ3v) is 6.04. The Balaban J connectivity index is 1.70. The molecular weight excluding hydrogens is 416 g/mol. The van der Waals surface area contributed by atoms with Crippen LogP contribution >= 0.6 is 0 Å². The average Bonchev–Trinajstić information content (AvgIpc) is 3.38. The van der Waals surface area contributed by atoms with E-state index in [1.165, 1.54) is 6.42 Å². The highest BCUT2D eigenvalue weighted by molar-refractivity contribution is 6.50. The van der Waals surface area contributed by atoms with Gasteiger partial charge in [0.2, 0.25) is 0 Å². The van der Waals surface area contributed by atoms with Crippen molar-refractivity contribution in [3.8, 4) is 17.0 Å². The van der Waals surface area contributed by atoms with Gasteiger partial charge in [0, 0.05) is 11.1 Å². The van der Waals surface area contributed by atoms with Crippen molar-refractivity contribution >= 4 is 23.3 Å². The third-order valence-electron chi connectivity index (χ3n) is 6.04. The van der Waals surface area contributed by atoms with Crippen LogP contribution in [0.3, 0.4) is 0 Å². The number of fused-ring (bicyclic) bond motifs is 1. The van der Waals surface area contributed by atoms with E-state index in [0.717, 1.165) is 36.8 Å². The molecule has 0 radical (unpaired) electrons. The molecule has 7 heteroatoms. The third kappa shape index (κ3) is 4.06. The van der Waals surface area contributed by atoms with E-state index in [1.54, 1.807) is 35.9 Å². The normalized spacial score (nSPS) is 17.1. The minimum Gasteiger partial charge on any atom is -0.508 e. The summed E-state index contributed by atoms with van der Waals surface area (Å²) in [6.45, 7) is 2.04. The van der Waals surface area contributed by atoms with Gasteiger partial charge in [0.25, 0.3) is 0 Å². The van der Waals surface area contributed by atoms with Crippen LogP contribution in [0, 0.1) is 0 Å². The highest BCUT2D eigenvalue weighted by atomic mass is 16.5. The lowest BCUT2D eigenvalue weighted by atomic mass is 9.96. The van der Waals surface area contributed by atoms with E-state index >= 15 is 0 Å². The molecule has 1 saturated carbocycles. The van der Waals surface area contributed by atoms with Gasteiger partial charge in [0.15, 0.2) is 11.7 Å². The second-order valence-electron chi connectivity index (χ2n) is 8.30. The van der Waals surface area contributed by atoms with Crippen LogP contribution in [0.5, 0.6) is 5.75 Å². The van der Waals surface area contributed by atoms with Crippen molar-refractivity contribution in [2.24, 2.45) is 9.98 Å². The summed E-state index contributed by atoms with van der Waals surface area (Å²) in [5.41, 5.74) is 3.15. The van der Waals surface area contributed by atoms with Crippen molar-refractivity contribution in [1.29, 1.82) is 0 Å². The number of hydrogen-bond donors (Lipinski definition) is 1. The largest absolute Gasteiger partial charge is 0.508 e. The van der Waals surface area contributed by atoms with Gasteiger partial charge in [-0.05, 0) is 44.0 Å². The van der Waals surface area contributed by atoms with Crippen LogP contribution < -0.4 is 0 Å². The Morgan fingerprint density at radius 3 is 2.48 bits per heavy atom. The molecule has 0 bridgehead atoms. The number of phenols is 1. The molecule has 2 aliphatic rings. The van der Waals surface area contributed by atoms with Crippen molar-refractivity contribution in [3.05, 3.63) is 65.7 Å². The fraction of sp³-hybridized carbons (Fsp3) is 0.308. The molecule has 7 nitrogen and oxygen atoms in total. The lowest BCUT2D eigenvalue weighted by molar-refractivity contribution is 0.0528. The zero-order valence-electron chi connectivity index (χ0n) is 18.6. The highest BCUT2D eigenvalue weighted by Crippen LogP contribution is 2.36. The molecular formula is C26H26N4O3. The molecule has 2 heterocycles. The number of ether oxygens (including phenoxy) is 1. The first kappa shape index (κ1) is 21.1. The van der Waals surface area contributed by atoms with Crippen molar-refractivity contribution in [1.82, 2.24) is 9.78 Å². The monoisotopic (exact) mass is 442 g/mol. The molecule has 33 heavy (non-hydrogen) atoms. The first-order valence-electron chi connectivity index (χ1n) is 11.5. The van der Waals surface area contributed by atoms with E-state index in [0.29, 0.717) is 28.6 Å². The predicted molar refractivity (Wildman–Crippen MR) is 128 cm³/mol. The number of hydrogen-bond acceptors (Lipinski definition) is 6. The molecule has 1 aliphatic carbocycles. The standard InChI is InChI=1S/C26H26N4O3/c1-2-33-26(32)21-22(17-9-5-3-6-10-17)29-30-24(21)28-23(18-13-15-20(31)16-14-18)25(30)27-19-11-7-4-8-12-19/h3,5-6,9-10,13-16,19,31H,2,4,7-8,11-12H2,1H3. The van der Waals surface area contributed by atoms with Crippen LogP contribution in [0.25, 0.3) is 11.3 Å². The first-order chi connectivity index (χ1) is 16.2. The van der Waals surface area contributed by atoms with E-state index in [4.69, 9.17) is 19.8 Å². The summed E-state index contributed by atoms with van der Waals surface area (Å²) < 4.78 is 7.07. The van der Waals surface area contributed by atoms with Crippen LogP contribution in [0.15, 0.2) is 64.6 Å². The van der Waals surface area contributed by atoms with Crippen molar-refractivity contribution in [3.63, 3.8) is 0 Å². The average molecular weight is 443 g/mol. The number of phenolic OH excluding ortho intramolecular Hbond substituents is 1. The van der Waals surface area contributed by atoms with Gasteiger partial charge in [-0.2, -0.15) is 9.78 Å². The molecule has 3 aromatic rings. The number of aromatic hydroxyl groups is 1. The topological polar surface area (TPSA) is 89.1 Å². The van der Waals surface area contributed by atoms with Crippen LogP contribution in [0.1, 0.15) is 54.9 Å². The van der Waals surface area contributed by atoms with Crippen molar-refractivity contribution < 1.29 is 14.6 Å². The fourth-order valence-corrected chi connectivity index (χ4v) is 4.42. The lowest BCUT2D eigenvalue weighted by Crippen LogP contribution is -2.24. The van der Waals surface area contributed by atoms with Gasteiger partial charge < -0.3 is 9.84 Å². The Hall–Kier alpha value is -3.74. The number of carbonyl (C=O) groups is 1. The van der Waals surface area contributed by atoms with E-state index in [-0.39, 0.29) is 18.4 Å². The zero-order chi connectivity index (χ0) is 22.8. The molecule has 0 saturated heterocycles. The van der Waals surface area contributed by atoms with Gasteiger partial charge in [0.05, 0.1) is 12.6 Å². The maximum Gasteiger partial charge on any atom is 0.344 e.